The van der Waals surface area contributed by atoms with Crippen LogP contribution in [0.2, 0.25) is 0 Å². The van der Waals surface area contributed by atoms with Crippen LogP contribution in [0.4, 0.5) is 18.0 Å². The van der Waals surface area contributed by atoms with Crippen molar-refractivity contribution in [2.24, 2.45) is 0 Å². The Bertz CT molecular complexity index is 323. The predicted octanol–water partition coefficient (Wildman–Crippen LogP) is 0.811. The van der Waals surface area contributed by atoms with E-state index in [1.807, 2.05) is 0 Å². The lowest BCUT2D eigenvalue weighted by Crippen LogP contribution is -2.51. The van der Waals surface area contributed by atoms with Crippen molar-refractivity contribution < 1.29 is 22.8 Å². The average molecular weight is 267 g/mol. The number of hydrogen-bond donors (Lipinski definition) is 1. The van der Waals surface area contributed by atoms with Gasteiger partial charge in [0.25, 0.3) is 0 Å². The summed E-state index contributed by atoms with van der Waals surface area (Å²) in [6, 6.07) is -0.465. The van der Waals surface area contributed by atoms with Crippen LogP contribution in [-0.4, -0.2) is 61.1 Å². The summed E-state index contributed by atoms with van der Waals surface area (Å²) in [7, 11) is 3.16. The van der Waals surface area contributed by atoms with Gasteiger partial charge in [-0.05, 0) is 12.8 Å². The minimum atomic E-state index is -4.82. The van der Waals surface area contributed by atoms with Crippen LogP contribution in [0.1, 0.15) is 12.8 Å². The van der Waals surface area contributed by atoms with Gasteiger partial charge in [0.1, 0.15) is 0 Å². The Balaban J connectivity index is 2.42. The second-order valence-corrected chi connectivity index (χ2v) is 4.41. The second-order valence-electron chi connectivity index (χ2n) is 4.41. The van der Waals surface area contributed by atoms with Gasteiger partial charge in [-0.2, -0.15) is 13.2 Å². The number of carbonyl (C=O) groups excluding carboxylic acids is 2. The highest BCUT2D eigenvalue weighted by atomic mass is 19.4. The summed E-state index contributed by atoms with van der Waals surface area (Å²) in [5.74, 6) is -1.81. The fraction of sp³-hybridized carbons (Fsp3) is 0.800. The van der Waals surface area contributed by atoms with Gasteiger partial charge >= 0.3 is 18.1 Å². The quantitative estimate of drug-likeness (QED) is 0.764. The van der Waals surface area contributed by atoms with E-state index in [1.54, 1.807) is 14.1 Å². The molecule has 0 saturated carbocycles. The number of nitrogens with zero attached hydrogens (tertiary/aromatic N) is 2. The van der Waals surface area contributed by atoms with Gasteiger partial charge in [0.05, 0.1) is 0 Å². The summed E-state index contributed by atoms with van der Waals surface area (Å²) in [5, 5.41) is 2.68. The highest BCUT2D eigenvalue weighted by Gasteiger charge is 2.43. The van der Waals surface area contributed by atoms with Crippen LogP contribution in [0, 0.1) is 0 Å². The molecule has 1 heterocycles. The Labute approximate surface area is 103 Å². The molecule has 0 aromatic heterocycles. The molecule has 104 valence electrons. The Morgan fingerprint density at radius 3 is 2.11 bits per heavy atom. The Kier molecular flexibility index (Phi) is 4.42. The number of rotatable bonds is 1. The van der Waals surface area contributed by atoms with Crippen molar-refractivity contribution >= 4 is 11.9 Å². The van der Waals surface area contributed by atoms with Crippen LogP contribution < -0.4 is 5.32 Å². The lowest BCUT2D eigenvalue weighted by atomic mass is 10.1. The summed E-state index contributed by atoms with van der Waals surface area (Å²) in [5.41, 5.74) is 0. The fourth-order valence-corrected chi connectivity index (χ4v) is 1.71. The normalized spacial score (nSPS) is 17.5. The van der Waals surface area contributed by atoms with E-state index >= 15 is 0 Å². The van der Waals surface area contributed by atoms with E-state index in [-0.39, 0.29) is 25.2 Å². The monoisotopic (exact) mass is 267 g/mol. The van der Waals surface area contributed by atoms with Crippen molar-refractivity contribution in [2.75, 3.05) is 27.2 Å². The molecule has 0 bridgehead atoms. The summed E-state index contributed by atoms with van der Waals surface area (Å²) in [4.78, 5) is 24.4. The zero-order chi connectivity index (χ0) is 13.9. The van der Waals surface area contributed by atoms with Gasteiger partial charge in [-0.15, -0.1) is 0 Å². The standard InChI is InChI=1S/C10H16F3N3O2/c1-15(2)9(18)14-7-3-5-16(6-4-7)8(17)10(11,12)13/h7H,3-6H2,1-2H3,(H,14,18). The zero-order valence-electron chi connectivity index (χ0n) is 10.3. The molecular formula is C10H16F3N3O2. The number of halogens is 3. The van der Waals surface area contributed by atoms with Gasteiger partial charge in [0.15, 0.2) is 0 Å². The summed E-state index contributed by atoms with van der Waals surface area (Å²) in [6.45, 7) is 0.0213. The van der Waals surface area contributed by atoms with Crippen molar-refractivity contribution in [3.05, 3.63) is 0 Å². The maximum absolute atomic E-state index is 12.2. The summed E-state index contributed by atoms with van der Waals surface area (Å²) < 4.78 is 36.5. The molecule has 3 amide bonds. The van der Waals surface area contributed by atoms with Crippen molar-refractivity contribution in [3.8, 4) is 0 Å². The molecule has 1 N–H and O–H groups in total. The molecule has 1 fully saturated rings. The van der Waals surface area contributed by atoms with E-state index in [0.29, 0.717) is 12.8 Å². The third-order valence-electron chi connectivity index (χ3n) is 2.76. The van der Waals surface area contributed by atoms with Gasteiger partial charge in [-0.1, -0.05) is 0 Å². The van der Waals surface area contributed by atoms with Gasteiger partial charge in [-0.3, -0.25) is 4.79 Å². The molecule has 0 aliphatic carbocycles. The van der Waals surface area contributed by atoms with Crippen LogP contribution in [0.25, 0.3) is 0 Å². The fourth-order valence-electron chi connectivity index (χ4n) is 1.71. The lowest BCUT2D eigenvalue weighted by Gasteiger charge is -2.33. The van der Waals surface area contributed by atoms with Crippen LogP contribution in [-0.2, 0) is 4.79 Å². The van der Waals surface area contributed by atoms with E-state index in [4.69, 9.17) is 0 Å². The maximum Gasteiger partial charge on any atom is 0.471 e. The number of nitrogens with one attached hydrogen (secondary N) is 1. The number of amides is 3. The predicted molar refractivity (Wildman–Crippen MR) is 57.9 cm³/mol. The first-order chi connectivity index (χ1) is 8.21. The van der Waals surface area contributed by atoms with Crippen LogP contribution in [0.5, 0.6) is 0 Å². The Hall–Kier alpha value is -1.47. The smallest absolute Gasteiger partial charge is 0.335 e. The van der Waals surface area contributed by atoms with Crippen LogP contribution in [0.3, 0.4) is 0 Å². The molecule has 1 saturated heterocycles. The largest absolute Gasteiger partial charge is 0.471 e. The van der Waals surface area contributed by atoms with Crippen molar-refractivity contribution in [1.29, 1.82) is 0 Å². The van der Waals surface area contributed by atoms with E-state index in [1.165, 1.54) is 4.90 Å². The van der Waals surface area contributed by atoms with Crippen molar-refractivity contribution in [1.82, 2.24) is 15.1 Å². The number of urea groups is 1. The van der Waals surface area contributed by atoms with E-state index in [9.17, 15) is 22.8 Å². The minimum absolute atomic E-state index is 0.0106. The number of piperidine rings is 1. The second kappa shape index (κ2) is 5.45. The molecule has 0 aromatic rings. The number of likely N-dealkylation sites (tertiary alicyclic amines) is 1. The molecule has 0 radical (unpaired) electrons. The molecule has 0 unspecified atom stereocenters. The number of alkyl halides is 3. The molecule has 1 aliphatic heterocycles. The zero-order valence-corrected chi connectivity index (χ0v) is 10.3. The Morgan fingerprint density at radius 2 is 1.72 bits per heavy atom. The van der Waals surface area contributed by atoms with Gasteiger partial charge in [0, 0.05) is 33.2 Å². The van der Waals surface area contributed by atoms with Crippen molar-refractivity contribution in [3.63, 3.8) is 0 Å². The van der Waals surface area contributed by atoms with Gasteiger partial charge in [0.2, 0.25) is 0 Å². The highest BCUT2D eigenvalue weighted by Crippen LogP contribution is 2.21. The third kappa shape index (κ3) is 3.78. The van der Waals surface area contributed by atoms with Gasteiger partial charge in [-0.25, -0.2) is 4.79 Å². The third-order valence-corrected chi connectivity index (χ3v) is 2.76. The molecule has 1 rings (SSSR count). The van der Waals surface area contributed by atoms with Gasteiger partial charge < -0.3 is 15.1 Å². The van der Waals surface area contributed by atoms with Crippen molar-refractivity contribution in [2.45, 2.75) is 25.1 Å². The maximum atomic E-state index is 12.2. The van der Waals surface area contributed by atoms with E-state index < -0.39 is 12.1 Å². The van der Waals surface area contributed by atoms with Crippen LogP contribution >= 0.6 is 0 Å². The van der Waals surface area contributed by atoms with Crippen LogP contribution in [0.15, 0.2) is 0 Å². The lowest BCUT2D eigenvalue weighted by molar-refractivity contribution is -0.186. The SMILES string of the molecule is CN(C)C(=O)NC1CCN(C(=O)C(F)(F)F)CC1. The molecule has 8 heteroatoms. The Morgan fingerprint density at radius 1 is 1.22 bits per heavy atom. The summed E-state index contributed by atoms with van der Waals surface area (Å²) >= 11 is 0. The summed E-state index contributed by atoms with van der Waals surface area (Å²) in [6.07, 6.45) is -4.15. The first kappa shape index (κ1) is 14.6. The first-order valence-electron chi connectivity index (χ1n) is 5.55. The molecule has 18 heavy (non-hydrogen) atoms. The molecule has 1 aliphatic rings. The molecular weight excluding hydrogens is 251 g/mol. The highest BCUT2D eigenvalue weighted by molar-refractivity contribution is 5.82. The molecule has 0 atom stereocenters. The molecule has 0 spiro atoms. The number of hydrogen-bond acceptors (Lipinski definition) is 2. The van der Waals surface area contributed by atoms with E-state index in [2.05, 4.69) is 5.32 Å². The molecule has 0 aromatic carbocycles. The first-order valence-corrected chi connectivity index (χ1v) is 5.55. The minimum Gasteiger partial charge on any atom is -0.335 e. The topological polar surface area (TPSA) is 52.7 Å². The molecule has 5 nitrogen and oxygen atoms in total. The average Bonchev–Trinajstić information content (AvgIpc) is 2.27. The number of carbonyl (C=O) groups is 2. The van der Waals surface area contributed by atoms with E-state index in [0.717, 1.165) is 4.90 Å².